The number of hydrogen-bond acceptors (Lipinski definition) is 3. The quantitative estimate of drug-likeness (QED) is 0.161. The molecule has 3 N–H and O–H groups in total. The molecule has 0 amide bonds. The van der Waals surface area contributed by atoms with Crippen LogP contribution in [-0.2, 0) is 4.57 Å². The molecule has 38 heavy (non-hydrogen) atoms. The SMILES string of the molecule is C=C[C@H]1CN2CC[C@H]1C[C@@H]2[C@@H](NP(=O)(Nc1ccccc1)Nc1ccccc1)c1ccnc2ccccc12. The number of para-hydroxylation sites is 3. The summed E-state index contributed by atoms with van der Waals surface area (Å²) in [6, 6.07) is 29.8. The third kappa shape index (κ3) is 5.12. The van der Waals surface area contributed by atoms with Gasteiger partial charge in [-0.15, -0.1) is 6.58 Å². The summed E-state index contributed by atoms with van der Waals surface area (Å²) in [4.78, 5) is 7.18. The fourth-order valence-electron chi connectivity index (χ4n) is 6.15. The van der Waals surface area contributed by atoms with E-state index < -0.39 is 7.59 Å². The first-order chi connectivity index (χ1) is 18.6. The van der Waals surface area contributed by atoms with Crippen LogP contribution in [0.3, 0.4) is 0 Å². The monoisotopic (exact) mass is 523 g/mol. The fraction of sp³-hybridized carbons (Fsp3) is 0.258. The number of nitrogens with zero attached hydrogens (tertiary/aromatic N) is 2. The second-order valence-corrected chi connectivity index (χ2v) is 12.3. The van der Waals surface area contributed by atoms with E-state index in [2.05, 4.69) is 56.0 Å². The predicted octanol–water partition coefficient (Wildman–Crippen LogP) is 7.09. The molecule has 0 spiro atoms. The normalized spacial score (nSPS) is 23.6. The molecule has 5 atom stereocenters. The van der Waals surface area contributed by atoms with Crippen molar-refractivity contribution in [3.8, 4) is 0 Å². The molecule has 0 saturated carbocycles. The number of nitrogens with one attached hydrogen (secondary N) is 3. The van der Waals surface area contributed by atoms with Crippen LogP contribution in [0, 0.1) is 11.8 Å². The molecule has 194 valence electrons. The average Bonchev–Trinajstić information content (AvgIpc) is 2.97. The van der Waals surface area contributed by atoms with Crippen LogP contribution in [0.15, 0.2) is 110 Å². The second-order valence-electron chi connectivity index (χ2n) is 10.3. The highest BCUT2D eigenvalue weighted by Gasteiger charge is 2.44. The van der Waals surface area contributed by atoms with Gasteiger partial charge in [0.15, 0.2) is 0 Å². The molecule has 7 rings (SSSR count). The standard InChI is InChI=1S/C31H34N5OP/c1-2-23-22-36-20-18-24(23)21-30(36)31(28-17-19-32-29-16-10-9-15-27(28)29)35-38(37,33-25-11-5-3-6-12-25)34-26-13-7-4-8-14-26/h2-17,19,23-24,30-31H,1,18,20-22H2,(H3,33,34,35,37)/t23-,24-,30+,31-/m0/s1. The van der Waals surface area contributed by atoms with Crippen molar-refractivity contribution in [3.63, 3.8) is 0 Å². The van der Waals surface area contributed by atoms with Gasteiger partial charge in [-0.1, -0.05) is 60.7 Å². The first-order valence-electron chi connectivity index (χ1n) is 13.4. The molecule has 6 nitrogen and oxygen atoms in total. The van der Waals surface area contributed by atoms with Crippen molar-refractivity contribution in [2.24, 2.45) is 11.8 Å². The van der Waals surface area contributed by atoms with Crippen LogP contribution in [0.5, 0.6) is 0 Å². The van der Waals surface area contributed by atoms with Gasteiger partial charge in [-0.2, -0.15) is 0 Å². The van der Waals surface area contributed by atoms with Crippen LogP contribution in [0.4, 0.5) is 11.4 Å². The van der Waals surface area contributed by atoms with Gasteiger partial charge in [-0.3, -0.25) is 14.4 Å². The van der Waals surface area contributed by atoms with E-state index in [0.717, 1.165) is 47.4 Å². The molecule has 0 aliphatic carbocycles. The minimum atomic E-state index is -3.39. The average molecular weight is 524 g/mol. The summed E-state index contributed by atoms with van der Waals surface area (Å²) in [6.45, 7) is 6.14. The summed E-state index contributed by atoms with van der Waals surface area (Å²) < 4.78 is 14.9. The van der Waals surface area contributed by atoms with E-state index in [9.17, 15) is 4.57 Å². The van der Waals surface area contributed by atoms with Gasteiger partial charge >= 0.3 is 7.59 Å². The summed E-state index contributed by atoms with van der Waals surface area (Å²) in [5, 5.41) is 11.4. The van der Waals surface area contributed by atoms with E-state index in [-0.39, 0.29) is 12.1 Å². The molecule has 2 bridgehead atoms. The summed E-state index contributed by atoms with van der Waals surface area (Å²) >= 11 is 0. The largest absolute Gasteiger partial charge is 0.328 e. The fourth-order valence-corrected chi connectivity index (χ4v) is 8.07. The number of hydrogen-bond donors (Lipinski definition) is 3. The minimum Gasteiger partial charge on any atom is -0.308 e. The molecular weight excluding hydrogens is 489 g/mol. The van der Waals surface area contributed by atoms with E-state index in [1.54, 1.807) is 0 Å². The Morgan fingerprint density at radius 2 is 1.58 bits per heavy atom. The van der Waals surface area contributed by atoms with E-state index in [1.165, 1.54) is 6.42 Å². The molecule has 0 radical (unpaired) electrons. The van der Waals surface area contributed by atoms with Crippen molar-refractivity contribution >= 4 is 29.9 Å². The van der Waals surface area contributed by atoms with E-state index in [0.29, 0.717) is 11.8 Å². The maximum atomic E-state index is 14.9. The van der Waals surface area contributed by atoms with Crippen LogP contribution in [0.2, 0.25) is 0 Å². The number of anilines is 2. The number of piperidine rings is 3. The Morgan fingerprint density at radius 3 is 2.21 bits per heavy atom. The Morgan fingerprint density at radius 1 is 0.921 bits per heavy atom. The molecule has 1 unspecified atom stereocenters. The van der Waals surface area contributed by atoms with E-state index in [1.807, 2.05) is 79.0 Å². The van der Waals surface area contributed by atoms with Gasteiger partial charge < -0.3 is 10.2 Å². The molecule has 3 fully saturated rings. The summed E-state index contributed by atoms with van der Waals surface area (Å²) in [6.07, 6.45) is 6.20. The number of benzene rings is 3. The highest BCUT2D eigenvalue weighted by atomic mass is 31.2. The Balaban J connectivity index is 1.43. The summed E-state index contributed by atoms with van der Waals surface area (Å²) in [7, 11) is -3.39. The minimum absolute atomic E-state index is 0.185. The maximum absolute atomic E-state index is 14.9. The van der Waals surface area contributed by atoms with Crippen LogP contribution in [-0.4, -0.2) is 29.0 Å². The maximum Gasteiger partial charge on any atom is 0.328 e. The third-order valence-electron chi connectivity index (χ3n) is 8.00. The zero-order valence-electron chi connectivity index (χ0n) is 21.4. The summed E-state index contributed by atoms with van der Waals surface area (Å²) in [5.41, 5.74) is 3.65. The van der Waals surface area contributed by atoms with Gasteiger partial charge in [0, 0.05) is 35.5 Å². The number of aromatic nitrogens is 1. The van der Waals surface area contributed by atoms with Gasteiger partial charge in [0.1, 0.15) is 0 Å². The first kappa shape index (κ1) is 24.9. The number of rotatable bonds is 9. The van der Waals surface area contributed by atoms with E-state index in [4.69, 9.17) is 0 Å². The van der Waals surface area contributed by atoms with Crippen molar-refractivity contribution in [2.75, 3.05) is 23.3 Å². The van der Waals surface area contributed by atoms with Crippen molar-refractivity contribution in [2.45, 2.75) is 24.9 Å². The highest BCUT2D eigenvalue weighted by molar-refractivity contribution is 7.64. The molecule has 3 aliphatic heterocycles. The smallest absolute Gasteiger partial charge is 0.308 e. The Bertz CT molecular complexity index is 1400. The zero-order valence-corrected chi connectivity index (χ0v) is 22.3. The predicted molar refractivity (Wildman–Crippen MR) is 157 cm³/mol. The van der Waals surface area contributed by atoms with Gasteiger partial charge in [-0.05, 0) is 73.2 Å². The molecule has 3 aliphatic rings. The summed E-state index contributed by atoms with van der Waals surface area (Å²) in [5.74, 6) is 1.09. The molecule has 4 aromatic rings. The van der Waals surface area contributed by atoms with Crippen LogP contribution in [0.1, 0.15) is 24.4 Å². The lowest BCUT2D eigenvalue weighted by Gasteiger charge is -2.52. The Kier molecular flexibility index (Phi) is 7.03. The molecule has 4 heterocycles. The number of pyridine rings is 1. The second kappa shape index (κ2) is 10.7. The lowest BCUT2D eigenvalue weighted by molar-refractivity contribution is 0.00484. The first-order valence-corrected chi connectivity index (χ1v) is 15.1. The lowest BCUT2D eigenvalue weighted by Crippen LogP contribution is -2.56. The van der Waals surface area contributed by atoms with E-state index >= 15 is 0 Å². The van der Waals surface area contributed by atoms with Gasteiger partial charge in [0.05, 0.1) is 11.6 Å². The van der Waals surface area contributed by atoms with Crippen molar-refractivity contribution in [1.82, 2.24) is 15.0 Å². The molecule has 1 aromatic heterocycles. The molecular formula is C31H34N5OP. The van der Waals surface area contributed by atoms with Crippen molar-refractivity contribution in [3.05, 3.63) is 115 Å². The Hall–Kier alpha value is -3.44. The Labute approximate surface area is 224 Å². The highest BCUT2D eigenvalue weighted by Crippen LogP contribution is 2.49. The molecule has 7 heteroatoms. The van der Waals surface area contributed by atoms with Gasteiger partial charge in [0.25, 0.3) is 0 Å². The molecule has 3 saturated heterocycles. The number of fused-ring (bicyclic) bond motifs is 4. The third-order valence-corrected chi connectivity index (χ3v) is 9.79. The molecule has 3 aromatic carbocycles. The van der Waals surface area contributed by atoms with Gasteiger partial charge in [0.2, 0.25) is 0 Å². The lowest BCUT2D eigenvalue weighted by atomic mass is 9.73. The topological polar surface area (TPSA) is 69.3 Å². The van der Waals surface area contributed by atoms with Gasteiger partial charge in [-0.25, -0.2) is 5.09 Å². The van der Waals surface area contributed by atoms with Crippen molar-refractivity contribution in [1.29, 1.82) is 0 Å². The van der Waals surface area contributed by atoms with Crippen LogP contribution in [0.25, 0.3) is 10.9 Å². The zero-order chi connectivity index (χ0) is 26.0. The van der Waals surface area contributed by atoms with Crippen LogP contribution >= 0.6 is 7.59 Å². The van der Waals surface area contributed by atoms with Crippen molar-refractivity contribution < 1.29 is 4.57 Å². The van der Waals surface area contributed by atoms with Crippen LogP contribution < -0.4 is 15.3 Å².